The molecule has 18 heavy (non-hydrogen) atoms. The summed E-state index contributed by atoms with van der Waals surface area (Å²) < 4.78 is 0. The number of nitrogens with one attached hydrogen (secondary N) is 2. The van der Waals surface area contributed by atoms with Gasteiger partial charge in [-0.05, 0) is 32.3 Å². The van der Waals surface area contributed by atoms with E-state index in [-0.39, 0.29) is 17.4 Å². The highest BCUT2D eigenvalue weighted by molar-refractivity contribution is 5.78. The average molecular weight is 248 g/mol. The van der Waals surface area contributed by atoms with E-state index < -0.39 is 0 Å². The molecule has 0 aliphatic rings. The van der Waals surface area contributed by atoms with E-state index in [2.05, 4.69) is 36.8 Å². The molecule has 1 amide bonds. The third-order valence-corrected chi connectivity index (χ3v) is 3.35. The van der Waals surface area contributed by atoms with Gasteiger partial charge in [-0.15, -0.1) is 0 Å². The Morgan fingerprint density at radius 1 is 1.17 bits per heavy atom. The summed E-state index contributed by atoms with van der Waals surface area (Å²) >= 11 is 0. The molecule has 100 valence electrons. The molecule has 0 saturated heterocycles. The van der Waals surface area contributed by atoms with Crippen molar-refractivity contribution in [2.75, 3.05) is 0 Å². The van der Waals surface area contributed by atoms with E-state index in [0.717, 1.165) is 18.4 Å². The summed E-state index contributed by atoms with van der Waals surface area (Å²) in [5.41, 5.74) is 6.83. The van der Waals surface area contributed by atoms with Crippen molar-refractivity contribution in [2.45, 2.75) is 46.1 Å². The first-order chi connectivity index (χ1) is 8.51. The molecule has 0 atom stereocenters. The minimum absolute atomic E-state index is 0.0732. The molecule has 1 aromatic rings. The molecule has 3 heteroatoms. The van der Waals surface area contributed by atoms with Crippen molar-refractivity contribution in [1.29, 1.82) is 0 Å². The third-order valence-electron chi connectivity index (χ3n) is 3.35. The van der Waals surface area contributed by atoms with Crippen LogP contribution in [0.3, 0.4) is 0 Å². The zero-order valence-corrected chi connectivity index (χ0v) is 11.8. The van der Waals surface area contributed by atoms with Crippen molar-refractivity contribution in [3.8, 4) is 0 Å². The maximum atomic E-state index is 11.9. The third kappa shape index (κ3) is 3.84. The van der Waals surface area contributed by atoms with Crippen molar-refractivity contribution < 1.29 is 4.79 Å². The van der Waals surface area contributed by atoms with Crippen LogP contribution in [0.5, 0.6) is 0 Å². The highest BCUT2D eigenvalue weighted by Crippen LogP contribution is 2.18. The number of carbonyl (C=O) groups excluding carboxylic acids is 1. The normalized spacial score (nSPS) is 11.6. The van der Waals surface area contributed by atoms with Crippen molar-refractivity contribution in [1.82, 2.24) is 10.9 Å². The second kappa shape index (κ2) is 6.55. The van der Waals surface area contributed by atoms with E-state index in [0.29, 0.717) is 0 Å². The van der Waals surface area contributed by atoms with E-state index in [1.54, 1.807) is 0 Å². The predicted molar refractivity (Wildman–Crippen MR) is 74.8 cm³/mol. The average Bonchev–Trinajstić information content (AvgIpc) is 2.39. The summed E-state index contributed by atoms with van der Waals surface area (Å²) in [7, 11) is 0. The second-order valence-corrected chi connectivity index (χ2v) is 5.12. The van der Waals surface area contributed by atoms with Gasteiger partial charge in [0.1, 0.15) is 0 Å². The minimum Gasteiger partial charge on any atom is -0.291 e. The summed E-state index contributed by atoms with van der Waals surface area (Å²) in [4.78, 5) is 11.9. The molecule has 0 aliphatic carbocycles. The molecule has 0 unspecified atom stereocenters. The number of benzene rings is 1. The number of rotatable bonds is 6. The first kappa shape index (κ1) is 14.7. The lowest BCUT2D eigenvalue weighted by molar-refractivity contribution is -0.126. The lowest BCUT2D eigenvalue weighted by atomic mass is 9.95. The lowest BCUT2D eigenvalue weighted by Gasteiger charge is -2.28. The van der Waals surface area contributed by atoms with Crippen LogP contribution in [0.4, 0.5) is 0 Å². The smallest absolute Gasteiger partial charge is 0.237 e. The highest BCUT2D eigenvalue weighted by atomic mass is 16.2. The van der Waals surface area contributed by atoms with Crippen molar-refractivity contribution in [3.05, 3.63) is 35.9 Å². The molecule has 0 fully saturated rings. The van der Waals surface area contributed by atoms with Crippen LogP contribution in [0.15, 0.2) is 30.3 Å². The van der Waals surface area contributed by atoms with E-state index in [9.17, 15) is 4.79 Å². The zero-order chi connectivity index (χ0) is 13.6. The first-order valence-corrected chi connectivity index (χ1v) is 6.63. The molecular formula is C15H24N2O. The largest absolute Gasteiger partial charge is 0.291 e. The van der Waals surface area contributed by atoms with Crippen LogP contribution < -0.4 is 10.9 Å². The first-order valence-electron chi connectivity index (χ1n) is 6.63. The summed E-state index contributed by atoms with van der Waals surface area (Å²) in [6.45, 7) is 8.18. The molecule has 0 aliphatic heterocycles. The van der Waals surface area contributed by atoms with Gasteiger partial charge in [0.25, 0.3) is 0 Å². The predicted octanol–water partition coefficient (Wildman–Crippen LogP) is 2.98. The van der Waals surface area contributed by atoms with Crippen LogP contribution in [-0.4, -0.2) is 5.91 Å². The maximum absolute atomic E-state index is 11.9. The van der Waals surface area contributed by atoms with Gasteiger partial charge in [-0.3, -0.25) is 10.2 Å². The molecule has 3 nitrogen and oxygen atoms in total. The van der Waals surface area contributed by atoms with Gasteiger partial charge in [-0.25, -0.2) is 5.43 Å². The van der Waals surface area contributed by atoms with Gasteiger partial charge >= 0.3 is 0 Å². The molecule has 0 bridgehead atoms. The highest BCUT2D eigenvalue weighted by Gasteiger charge is 2.22. The fourth-order valence-corrected chi connectivity index (χ4v) is 1.91. The van der Waals surface area contributed by atoms with Crippen LogP contribution in [0, 0.1) is 5.92 Å². The summed E-state index contributed by atoms with van der Waals surface area (Å²) in [6.07, 6.45) is 1.74. The Morgan fingerprint density at radius 3 is 2.22 bits per heavy atom. The standard InChI is InChI=1S/C15H24N2O/c1-5-12(6-2)14(18)16-17-15(3,4)13-10-8-7-9-11-13/h7-12,17H,5-6H2,1-4H3,(H,16,18). The Hall–Kier alpha value is -1.35. The van der Waals surface area contributed by atoms with Crippen LogP contribution in [0.1, 0.15) is 46.1 Å². The van der Waals surface area contributed by atoms with Crippen LogP contribution in [-0.2, 0) is 10.3 Å². The Labute approximate surface area is 110 Å². The number of amides is 1. The quantitative estimate of drug-likeness (QED) is 0.760. The molecule has 0 spiro atoms. The fraction of sp³-hybridized carbons (Fsp3) is 0.533. The Bertz CT molecular complexity index is 369. The Kier molecular flexibility index (Phi) is 5.35. The van der Waals surface area contributed by atoms with Crippen LogP contribution in [0.2, 0.25) is 0 Å². The van der Waals surface area contributed by atoms with Crippen molar-refractivity contribution in [3.63, 3.8) is 0 Å². The minimum atomic E-state index is -0.275. The monoisotopic (exact) mass is 248 g/mol. The molecule has 1 rings (SSSR count). The number of hydrogen-bond acceptors (Lipinski definition) is 2. The molecule has 0 radical (unpaired) electrons. The summed E-state index contributed by atoms with van der Waals surface area (Å²) in [5.74, 6) is 0.160. The zero-order valence-electron chi connectivity index (χ0n) is 11.8. The van der Waals surface area contributed by atoms with Gasteiger partial charge in [0.2, 0.25) is 5.91 Å². The maximum Gasteiger partial charge on any atom is 0.237 e. The molecule has 1 aromatic carbocycles. The molecule has 2 N–H and O–H groups in total. The van der Waals surface area contributed by atoms with Gasteiger partial charge < -0.3 is 0 Å². The topological polar surface area (TPSA) is 41.1 Å². The van der Waals surface area contributed by atoms with Gasteiger partial charge in [-0.1, -0.05) is 44.2 Å². The second-order valence-electron chi connectivity index (χ2n) is 5.12. The molecule has 0 aromatic heterocycles. The van der Waals surface area contributed by atoms with Crippen LogP contribution in [0.25, 0.3) is 0 Å². The number of hydrogen-bond donors (Lipinski definition) is 2. The lowest BCUT2D eigenvalue weighted by Crippen LogP contribution is -2.50. The summed E-state index contributed by atoms with van der Waals surface area (Å²) in [6, 6.07) is 10.1. The Morgan fingerprint density at radius 2 is 1.72 bits per heavy atom. The van der Waals surface area contributed by atoms with Gasteiger partial charge in [0.15, 0.2) is 0 Å². The number of hydrazine groups is 1. The van der Waals surface area contributed by atoms with Gasteiger partial charge in [0.05, 0.1) is 5.54 Å². The van der Waals surface area contributed by atoms with Crippen molar-refractivity contribution >= 4 is 5.91 Å². The summed E-state index contributed by atoms with van der Waals surface area (Å²) in [5, 5.41) is 0. The Balaban J connectivity index is 2.60. The fourth-order valence-electron chi connectivity index (χ4n) is 1.91. The van der Waals surface area contributed by atoms with E-state index in [1.165, 1.54) is 0 Å². The molecule has 0 saturated carbocycles. The van der Waals surface area contributed by atoms with Crippen molar-refractivity contribution in [2.24, 2.45) is 5.92 Å². The SMILES string of the molecule is CCC(CC)C(=O)NNC(C)(C)c1ccccc1. The molecular weight excluding hydrogens is 224 g/mol. The van der Waals surface area contributed by atoms with Crippen LogP contribution >= 0.6 is 0 Å². The van der Waals surface area contributed by atoms with Gasteiger partial charge in [-0.2, -0.15) is 0 Å². The van der Waals surface area contributed by atoms with E-state index >= 15 is 0 Å². The van der Waals surface area contributed by atoms with E-state index in [4.69, 9.17) is 0 Å². The van der Waals surface area contributed by atoms with Gasteiger partial charge in [0, 0.05) is 5.92 Å². The van der Waals surface area contributed by atoms with E-state index in [1.807, 2.05) is 32.0 Å². The number of carbonyl (C=O) groups is 1. The molecule has 0 heterocycles.